The highest BCUT2D eigenvalue weighted by Crippen LogP contribution is 2.34. The van der Waals surface area contributed by atoms with Crippen LogP contribution in [0.1, 0.15) is 19.4 Å². The van der Waals surface area contributed by atoms with Crippen LogP contribution in [-0.4, -0.2) is 30.6 Å². The maximum Gasteiger partial charge on any atom is 0.306 e. The first-order valence-electron chi connectivity index (χ1n) is 6.42. The molecule has 3 rings (SSSR count). The van der Waals surface area contributed by atoms with Gasteiger partial charge in [0.2, 0.25) is 0 Å². The summed E-state index contributed by atoms with van der Waals surface area (Å²) in [6.45, 7) is 1.73. The number of nitrogen functional groups attached to an aromatic ring is 1. The van der Waals surface area contributed by atoms with Gasteiger partial charge in [0, 0.05) is 0 Å². The van der Waals surface area contributed by atoms with Crippen molar-refractivity contribution in [2.24, 2.45) is 11.8 Å². The maximum atomic E-state index is 11.0. The number of imidazole rings is 1. The Hall–Kier alpha value is -2.44. The lowest BCUT2D eigenvalue weighted by molar-refractivity contribution is -0.142. The Balaban J connectivity index is 1.89. The summed E-state index contributed by atoms with van der Waals surface area (Å²) >= 11 is 0. The van der Waals surface area contributed by atoms with Gasteiger partial charge in [-0.25, -0.2) is 15.0 Å². The normalized spacial score (nSPS) is 23.2. The van der Waals surface area contributed by atoms with E-state index in [0.717, 1.165) is 6.42 Å². The molecule has 1 aliphatic rings. The van der Waals surface area contributed by atoms with Crippen LogP contribution in [-0.2, 0) is 4.79 Å². The van der Waals surface area contributed by atoms with Crippen molar-refractivity contribution in [3.05, 3.63) is 24.8 Å². The monoisotopic (exact) mass is 273 g/mol. The van der Waals surface area contributed by atoms with Crippen molar-refractivity contribution in [2.45, 2.75) is 19.4 Å². The summed E-state index contributed by atoms with van der Waals surface area (Å²) in [5, 5.41) is 9.08. The van der Waals surface area contributed by atoms with E-state index in [9.17, 15) is 4.79 Å². The highest BCUT2D eigenvalue weighted by Gasteiger charge is 2.29. The Bertz CT molecular complexity index is 693. The zero-order valence-corrected chi connectivity index (χ0v) is 11.0. The Morgan fingerprint density at radius 3 is 3.00 bits per heavy atom. The number of hydrogen-bond acceptors (Lipinski definition) is 5. The van der Waals surface area contributed by atoms with E-state index in [1.165, 1.54) is 6.33 Å². The first-order chi connectivity index (χ1) is 9.58. The van der Waals surface area contributed by atoms with Gasteiger partial charge in [-0.05, 0) is 12.3 Å². The molecular formula is C13H15N5O2. The van der Waals surface area contributed by atoms with E-state index < -0.39 is 11.9 Å². The first-order valence-corrected chi connectivity index (χ1v) is 6.42. The molecule has 2 aromatic heterocycles. The van der Waals surface area contributed by atoms with Crippen molar-refractivity contribution in [3.8, 4) is 0 Å². The third-order valence-electron chi connectivity index (χ3n) is 3.87. The molecule has 7 heteroatoms. The zero-order valence-electron chi connectivity index (χ0n) is 11.0. The van der Waals surface area contributed by atoms with Crippen molar-refractivity contribution < 1.29 is 9.90 Å². The van der Waals surface area contributed by atoms with Crippen molar-refractivity contribution in [2.75, 3.05) is 5.73 Å². The first kappa shape index (κ1) is 12.6. The number of carboxylic acids is 1. The standard InChI is InChI=1S/C13H15N5O2/c1-7(13(19)20)8-2-3-9(4-8)18-6-17-10-11(14)15-5-16-12(10)18/h2-3,5-9H,4H2,1H3,(H,19,20)(H2,14,15,16)/t7?,8-,9+/m0/s1. The van der Waals surface area contributed by atoms with Gasteiger partial charge in [-0.15, -0.1) is 0 Å². The number of carbonyl (C=O) groups is 1. The van der Waals surface area contributed by atoms with Gasteiger partial charge >= 0.3 is 5.97 Å². The molecule has 0 amide bonds. The van der Waals surface area contributed by atoms with Gasteiger partial charge in [0.15, 0.2) is 11.5 Å². The Labute approximate surface area is 115 Å². The van der Waals surface area contributed by atoms with E-state index in [4.69, 9.17) is 10.8 Å². The Morgan fingerprint density at radius 2 is 2.25 bits per heavy atom. The molecule has 0 saturated carbocycles. The molecule has 104 valence electrons. The van der Waals surface area contributed by atoms with Crippen LogP contribution in [0.5, 0.6) is 0 Å². The number of aliphatic carboxylic acids is 1. The number of anilines is 1. The van der Waals surface area contributed by atoms with Crippen LogP contribution < -0.4 is 5.73 Å². The van der Waals surface area contributed by atoms with Crippen LogP contribution in [0, 0.1) is 11.8 Å². The van der Waals surface area contributed by atoms with Crippen LogP contribution in [0.15, 0.2) is 24.8 Å². The summed E-state index contributed by atoms with van der Waals surface area (Å²) in [6, 6.07) is 0.0566. The number of nitrogens with zero attached hydrogens (tertiary/aromatic N) is 4. The lowest BCUT2D eigenvalue weighted by Crippen LogP contribution is -2.19. The minimum atomic E-state index is -0.776. The molecule has 3 atom stereocenters. The van der Waals surface area contributed by atoms with Gasteiger partial charge in [0.25, 0.3) is 0 Å². The van der Waals surface area contributed by atoms with Gasteiger partial charge in [-0.3, -0.25) is 4.79 Å². The maximum absolute atomic E-state index is 11.0. The molecule has 0 saturated heterocycles. The third kappa shape index (κ3) is 1.91. The number of hydrogen-bond donors (Lipinski definition) is 2. The molecule has 2 heterocycles. The smallest absolute Gasteiger partial charge is 0.306 e. The average Bonchev–Trinajstić information content (AvgIpc) is 3.04. The molecule has 0 bridgehead atoms. The summed E-state index contributed by atoms with van der Waals surface area (Å²) in [7, 11) is 0. The highest BCUT2D eigenvalue weighted by atomic mass is 16.4. The van der Waals surface area contributed by atoms with E-state index >= 15 is 0 Å². The van der Waals surface area contributed by atoms with E-state index in [1.807, 2.05) is 16.7 Å². The van der Waals surface area contributed by atoms with Crippen LogP contribution >= 0.6 is 0 Å². The topological polar surface area (TPSA) is 107 Å². The predicted molar refractivity (Wildman–Crippen MR) is 72.8 cm³/mol. The fourth-order valence-electron chi connectivity index (χ4n) is 2.58. The molecule has 20 heavy (non-hydrogen) atoms. The third-order valence-corrected chi connectivity index (χ3v) is 3.87. The summed E-state index contributed by atoms with van der Waals surface area (Å²) < 4.78 is 1.92. The predicted octanol–water partition coefficient (Wildman–Crippen LogP) is 1.25. The molecule has 1 aliphatic carbocycles. The van der Waals surface area contributed by atoms with Crippen molar-refractivity contribution in [3.63, 3.8) is 0 Å². The fraction of sp³-hybridized carbons (Fsp3) is 0.385. The minimum Gasteiger partial charge on any atom is -0.481 e. The van der Waals surface area contributed by atoms with Gasteiger partial charge in [0.05, 0.1) is 18.3 Å². The second kappa shape index (κ2) is 4.59. The molecule has 1 unspecified atom stereocenters. The molecule has 0 spiro atoms. The van der Waals surface area contributed by atoms with E-state index in [0.29, 0.717) is 17.0 Å². The van der Waals surface area contributed by atoms with Crippen molar-refractivity contribution in [1.29, 1.82) is 0 Å². The van der Waals surface area contributed by atoms with E-state index in [-0.39, 0.29) is 12.0 Å². The second-order valence-corrected chi connectivity index (χ2v) is 5.06. The van der Waals surface area contributed by atoms with Crippen molar-refractivity contribution >= 4 is 23.0 Å². The summed E-state index contributed by atoms with van der Waals surface area (Å²) in [6.07, 6.45) is 7.77. The summed E-state index contributed by atoms with van der Waals surface area (Å²) in [4.78, 5) is 23.4. The molecule has 0 aromatic carbocycles. The molecule has 0 fully saturated rings. The molecule has 0 radical (unpaired) electrons. The number of aromatic nitrogens is 4. The van der Waals surface area contributed by atoms with Crippen LogP contribution in [0.4, 0.5) is 5.82 Å². The van der Waals surface area contributed by atoms with E-state index in [1.54, 1.807) is 13.3 Å². The molecule has 0 aliphatic heterocycles. The van der Waals surface area contributed by atoms with E-state index in [2.05, 4.69) is 15.0 Å². The average molecular weight is 273 g/mol. The molecule has 7 nitrogen and oxygen atoms in total. The van der Waals surface area contributed by atoms with Gasteiger partial charge < -0.3 is 15.4 Å². The lowest BCUT2D eigenvalue weighted by atomic mass is 9.93. The molecule has 2 aromatic rings. The quantitative estimate of drug-likeness (QED) is 0.815. The minimum absolute atomic E-state index is 0.0223. The summed E-state index contributed by atoms with van der Waals surface area (Å²) in [5.74, 6) is -0.798. The Kier molecular flexibility index (Phi) is 2.89. The van der Waals surface area contributed by atoms with Crippen LogP contribution in [0.25, 0.3) is 11.2 Å². The van der Waals surface area contributed by atoms with Crippen molar-refractivity contribution in [1.82, 2.24) is 19.5 Å². The Morgan fingerprint density at radius 1 is 1.45 bits per heavy atom. The van der Waals surface area contributed by atoms with Crippen LogP contribution in [0.3, 0.4) is 0 Å². The number of allylic oxidation sites excluding steroid dienone is 2. The molecular weight excluding hydrogens is 258 g/mol. The summed E-state index contributed by atoms with van der Waals surface area (Å²) in [5.41, 5.74) is 7.02. The largest absolute Gasteiger partial charge is 0.481 e. The number of rotatable bonds is 3. The number of fused-ring (bicyclic) bond motifs is 1. The van der Waals surface area contributed by atoms with Crippen LogP contribution in [0.2, 0.25) is 0 Å². The number of nitrogens with two attached hydrogens (primary N) is 1. The second-order valence-electron chi connectivity index (χ2n) is 5.06. The van der Waals surface area contributed by atoms with Gasteiger partial charge in [0.1, 0.15) is 11.8 Å². The number of carboxylic acid groups (broad SMARTS) is 1. The fourth-order valence-corrected chi connectivity index (χ4v) is 2.58. The lowest BCUT2D eigenvalue weighted by Gasteiger charge is -2.16. The SMILES string of the molecule is CC(C(=O)O)[C@H]1C=C[C@@H](n2cnc3c(N)ncnc32)C1. The highest BCUT2D eigenvalue weighted by molar-refractivity contribution is 5.81. The van der Waals surface area contributed by atoms with Gasteiger partial charge in [-0.1, -0.05) is 19.1 Å². The zero-order chi connectivity index (χ0) is 14.3. The molecule has 3 N–H and O–H groups in total. The van der Waals surface area contributed by atoms with Gasteiger partial charge in [-0.2, -0.15) is 0 Å².